The lowest BCUT2D eigenvalue weighted by atomic mass is 10.4. The SMILES string of the molecule is CCN(Cc1cn(C)nn1)c1ncc(Cl)c(C(F)(F)F)n1. The zero-order valence-electron chi connectivity index (χ0n) is 11.3. The Morgan fingerprint density at radius 3 is 2.62 bits per heavy atom. The summed E-state index contributed by atoms with van der Waals surface area (Å²) in [7, 11) is 1.70. The molecular weight excluding hydrogens is 309 g/mol. The predicted molar refractivity (Wildman–Crippen MR) is 69.8 cm³/mol. The van der Waals surface area contributed by atoms with Crippen LogP contribution in [0.15, 0.2) is 12.4 Å². The Bertz CT molecular complexity index is 627. The van der Waals surface area contributed by atoms with E-state index >= 15 is 0 Å². The molecule has 0 aliphatic carbocycles. The lowest BCUT2D eigenvalue weighted by Crippen LogP contribution is -2.25. The molecule has 0 amide bonds. The van der Waals surface area contributed by atoms with E-state index in [9.17, 15) is 13.2 Å². The molecule has 6 nitrogen and oxygen atoms in total. The van der Waals surface area contributed by atoms with E-state index in [0.717, 1.165) is 6.20 Å². The average molecular weight is 321 g/mol. The van der Waals surface area contributed by atoms with Crippen molar-refractivity contribution in [2.75, 3.05) is 11.4 Å². The van der Waals surface area contributed by atoms with Gasteiger partial charge in [-0.25, -0.2) is 9.97 Å². The van der Waals surface area contributed by atoms with Crippen molar-refractivity contribution in [1.29, 1.82) is 0 Å². The molecule has 2 aromatic rings. The number of hydrogen-bond acceptors (Lipinski definition) is 5. The van der Waals surface area contributed by atoms with E-state index in [1.54, 1.807) is 25.1 Å². The van der Waals surface area contributed by atoms with Gasteiger partial charge in [0.1, 0.15) is 5.69 Å². The molecule has 2 heterocycles. The van der Waals surface area contributed by atoms with Gasteiger partial charge in [-0.2, -0.15) is 13.2 Å². The number of aryl methyl sites for hydroxylation is 1. The van der Waals surface area contributed by atoms with Crippen molar-refractivity contribution in [3.8, 4) is 0 Å². The van der Waals surface area contributed by atoms with Gasteiger partial charge < -0.3 is 4.90 Å². The predicted octanol–water partition coefficient (Wildman–Crippen LogP) is 2.30. The van der Waals surface area contributed by atoms with Gasteiger partial charge in [0.2, 0.25) is 5.95 Å². The Morgan fingerprint density at radius 1 is 1.38 bits per heavy atom. The van der Waals surface area contributed by atoms with Gasteiger partial charge in [-0.3, -0.25) is 4.68 Å². The van der Waals surface area contributed by atoms with Crippen LogP contribution in [0.25, 0.3) is 0 Å². The van der Waals surface area contributed by atoms with Gasteiger partial charge in [-0.1, -0.05) is 16.8 Å². The molecule has 2 rings (SSSR count). The lowest BCUT2D eigenvalue weighted by Gasteiger charge is -2.20. The van der Waals surface area contributed by atoms with Crippen molar-refractivity contribution < 1.29 is 13.2 Å². The summed E-state index contributed by atoms with van der Waals surface area (Å²) in [5.41, 5.74) is -0.543. The molecule has 0 fully saturated rings. The van der Waals surface area contributed by atoms with Gasteiger partial charge in [0.25, 0.3) is 0 Å². The molecule has 21 heavy (non-hydrogen) atoms. The van der Waals surface area contributed by atoms with Crippen LogP contribution in [0.4, 0.5) is 19.1 Å². The summed E-state index contributed by atoms with van der Waals surface area (Å²) in [5.74, 6) is -0.0557. The Hall–Kier alpha value is -1.90. The molecule has 2 aromatic heterocycles. The molecule has 0 aromatic carbocycles. The second-order valence-electron chi connectivity index (χ2n) is 4.26. The van der Waals surface area contributed by atoms with Gasteiger partial charge in [-0.15, -0.1) is 5.10 Å². The number of rotatable bonds is 4. The van der Waals surface area contributed by atoms with Crippen LogP contribution in [0, 0.1) is 0 Å². The second-order valence-corrected chi connectivity index (χ2v) is 4.67. The van der Waals surface area contributed by atoms with Gasteiger partial charge in [-0.05, 0) is 6.92 Å². The first-order chi connectivity index (χ1) is 9.81. The number of aromatic nitrogens is 5. The van der Waals surface area contributed by atoms with Crippen molar-refractivity contribution in [2.24, 2.45) is 7.05 Å². The molecule has 0 N–H and O–H groups in total. The molecule has 0 aliphatic heterocycles. The van der Waals surface area contributed by atoms with Crippen LogP contribution in [0.1, 0.15) is 18.3 Å². The largest absolute Gasteiger partial charge is 0.435 e. The number of anilines is 1. The van der Waals surface area contributed by atoms with Crippen LogP contribution in [-0.4, -0.2) is 31.5 Å². The zero-order chi connectivity index (χ0) is 15.6. The third kappa shape index (κ3) is 3.60. The van der Waals surface area contributed by atoms with Crippen LogP contribution in [0.3, 0.4) is 0 Å². The highest BCUT2D eigenvalue weighted by molar-refractivity contribution is 6.31. The first kappa shape index (κ1) is 15.5. The minimum atomic E-state index is -4.62. The van der Waals surface area contributed by atoms with E-state index in [2.05, 4.69) is 20.3 Å². The van der Waals surface area contributed by atoms with Crippen LogP contribution in [-0.2, 0) is 19.8 Å². The summed E-state index contributed by atoms with van der Waals surface area (Å²) in [6.45, 7) is 2.44. The highest BCUT2D eigenvalue weighted by atomic mass is 35.5. The number of alkyl halides is 3. The molecule has 0 bridgehead atoms. The Morgan fingerprint density at radius 2 is 2.10 bits per heavy atom. The van der Waals surface area contributed by atoms with E-state index in [1.165, 1.54) is 4.68 Å². The third-order valence-corrected chi connectivity index (χ3v) is 2.94. The van der Waals surface area contributed by atoms with Gasteiger partial charge in [0.15, 0.2) is 5.69 Å². The lowest BCUT2D eigenvalue weighted by molar-refractivity contribution is -0.141. The first-order valence-corrected chi connectivity index (χ1v) is 6.39. The number of hydrogen-bond donors (Lipinski definition) is 0. The normalized spacial score (nSPS) is 11.7. The number of halogens is 4. The van der Waals surface area contributed by atoms with Gasteiger partial charge in [0.05, 0.1) is 17.8 Å². The van der Waals surface area contributed by atoms with E-state index in [-0.39, 0.29) is 12.5 Å². The molecule has 0 saturated carbocycles. The minimum absolute atomic E-state index is 0.0557. The maximum Gasteiger partial charge on any atom is 0.435 e. The van der Waals surface area contributed by atoms with Gasteiger partial charge in [0, 0.05) is 19.8 Å². The fourth-order valence-corrected chi connectivity index (χ4v) is 1.89. The molecule has 0 radical (unpaired) electrons. The topological polar surface area (TPSA) is 59.7 Å². The fraction of sp³-hybridized carbons (Fsp3) is 0.455. The maximum atomic E-state index is 12.8. The summed E-state index contributed by atoms with van der Waals surface area (Å²) in [4.78, 5) is 8.93. The van der Waals surface area contributed by atoms with Crippen LogP contribution in [0.5, 0.6) is 0 Å². The Balaban J connectivity index is 2.30. The van der Waals surface area contributed by atoms with E-state index in [0.29, 0.717) is 12.2 Å². The molecule has 0 aliphatic rings. The molecule has 0 atom stereocenters. The van der Waals surface area contributed by atoms with E-state index < -0.39 is 16.9 Å². The van der Waals surface area contributed by atoms with Crippen molar-refractivity contribution >= 4 is 17.5 Å². The van der Waals surface area contributed by atoms with Crippen LogP contribution >= 0.6 is 11.6 Å². The summed E-state index contributed by atoms with van der Waals surface area (Å²) >= 11 is 5.50. The van der Waals surface area contributed by atoms with Gasteiger partial charge >= 0.3 is 6.18 Å². The van der Waals surface area contributed by atoms with Crippen LogP contribution in [0.2, 0.25) is 5.02 Å². The summed E-state index contributed by atoms with van der Waals surface area (Å²) in [5, 5.41) is 7.13. The van der Waals surface area contributed by atoms with Crippen LogP contribution < -0.4 is 4.90 Å². The van der Waals surface area contributed by atoms with E-state index in [4.69, 9.17) is 11.6 Å². The standard InChI is InChI=1S/C11H12ClF3N6/c1-3-21(6-7-5-20(2)19-18-7)10-16-4-8(12)9(17-10)11(13,14)15/h4-5H,3,6H2,1-2H3. The molecule has 10 heteroatoms. The highest BCUT2D eigenvalue weighted by Gasteiger charge is 2.36. The minimum Gasteiger partial charge on any atom is -0.335 e. The van der Waals surface area contributed by atoms with Crippen molar-refractivity contribution in [3.63, 3.8) is 0 Å². The zero-order valence-corrected chi connectivity index (χ0v) is 12.0. The smallest absolute Gasteiger partial charge is 0.335 e. The Labute approximate surface area is 123 Å². The summed E-state index contributed by atoms with van der Waals surface area (Å²) in [6, 6.07) is 0. The quantitative estimate of drug-likeness (QED) is 0.865. The fourth-order valence-electron chi connectivity index (χ4n) is 1.70. The summed E-state index contributed by atoms with van der Waals surface area (Å²) in [6.07, 6.45) is -2.00. The molecule has 0 saturated heterocycles. The highest BCUT2D eigenvalue weighted by Crippen LogP contribution is 2.33. The average Bonchev–Trinajstić information content (AvgIpc) is 2.81. The Kier molecular flexibility index (Phi) is 4.31. The summed E-state index contributed by atoms with van der Waals surface area (Å²) < 4.78 is 39.9. The third-order valence-electron chi connectivity index (χ3n) is 2.67. The number of nitrogens with zero attached hydrogens (tertiary/aromatic N) is 6. The van der Waals surface area contributed by atoms with Crippen molar-refractivity contribution in [2.45, 2.75) is 19.6 Å². The molecule has 0 unspecified atom stereocenters. The van der Waals surface area contributed by atoms with E-state index in [1.807, 2.05) is 0 Å². The maximum absolute atomic E-state index is 12.8. The molecule has 0 spiro atoms. The molecular formula is C11H12ClF3N6. The van der Waals surface area contributed by atoms with Crippen molar-refractivity contribution in [1.82, 2.24) is 25.0 Å². The second kappa shape index (κ2) is 5.84. The first-order valence-electron chi connectivity index (χ1n) is 6.01. The van der Waals surface area contributed by atoms with Crippen molar-refractivity contribution in [3.05, 3.63) is 28.8 Å². The molecule has 114 valence electrons. The monoisotopic (exact) mass is 320 g/mol.